The van der Waals surface area contributed by atoms with Crippen molar-refractivity contribution < 1.29 is 19.1 Å². The summed E-state index contributed by atoms with van der Waals surface area (Å²) in [5, 5.41) is 9.46. The van der Waals surface area contributed by atoms with Crippen molar-refractivity contribution in [2.24, 2.45) is 0 Å². The molecule has 1 fully saturated rings. The van der Waals surface area contributed by atoms with Crippen LogP contribution in [0.3, 0.4) is 0 Å². The summed E-state index contributed by atoms with van der Waals surface area (Å²) in [5.41, 5.74) is 4.06. The summed E-state index contributed by atoms with van der Waals surface area (Å²) in [4.78, 5) is 40.0. The number of imidazole rings is 1. The predicted molar refractivity (Wildman–Crippen MR) is 161 cm³/mol. The Labute approximate surface area is 253 Å². The van der Waals surface area contributed by atoms with Crippen LogP contribution in [0.5, 0.6) is 5.75 Å². The van der Waals surface area contributed by atoms with E-state index in [1.165, 1.54) is 6.20 Å². The van der Waals surface area contributed by atoms with Crippen LogP contribution in [0.4, 0.5) is 4.79 Å². The molecule has 2 aromatic heterocycles. The molecule has 0 bridgehead atoms. The molecule has 0 spiro atoms. The Morgan fingerprint density at radius 3 is 2.67 bits per heavy atom. The van der Waals surface area contributed by atoms with Crippen LogP contribution in [0.25, 0.3) is 0 Å². The zero-order chi connectivity index (χ0) is 30.9. The van der Waals surface area contributed by atoms with Crippen LogP contribution in [0.1, 0.15) is 104 Å². The van der Waals surface area contributed by atoms with Crippen molar-refractivity contribution in [3.63, 3.8) is 0 Å². The third kappa shape index (κ3) is 6.21. The second-order valence-corrected chi connectivity index (χ2v) is 12.2. The van der Waals surface area contributed by atoms with Crippen molar-refractivity contribution in [1.82, 2.24) is 24.3 Å². The van der Waals surface area contributed by atoms with Crippen LogP contribution in [0.15, 0.2) is 36.8 Å². The van der Waals surface area contributed by atoms with Gasteiger partial charge in [0, 0.05) is 49.9 Å². The number of aryl methyl sites for hydroxylation is 1. The first-order valence-corrected chi connectivity index (χ1v) is 15.0. The summed E-state index contributed by atoms with van der Waals surface area (Å²) in [5.74, 6) is 1.27. The zero-order valence-corrected chi connectivity index (χ0v) is 25.9. The highest BCUT2D eigenvalue weighted by Crippen LogP contribution is 2.39. The fourth-order valence-corrected chi connectivity index (χ4v) is 6.07. The first kappa shape index (κ1) is 30.1. The van der Waals surface area contributed by atoms with E-state index in [1.807, 2.05) is 63.6 Å². The van der Waals surface area contributed by atoms with Crippen LogP contribution in [-0.2, 0) is 17.7 Å². The highest BCUT2D eigenvalue weighted by molar-refractivity contribution is 5.97. The van der Waals surface area contributed by atoms with Gasteiger partial charge in [0.15, 0.2) is 0 Å². The number of carbonyl (C=O) groups is 2. The van der Waals surface area contributed by atoms with Crippen molar-refractivity contribution in [2.45, 2.75) is 85.0 Å². The highest BCUT2D eigenvalue weighted by atomic mass is 16.6. The van der Waals surface area contributed by atoms with Crippen LogP contribution in [0, 0.1) is 18.3 Å². The van der Waals surface area contributed by atoms with Gasteiger partial charge in [-0.15, -0.1) is 0 Å². The number of carbonyl (C=O) groups excluding carboxylic acids is 2. The van der Waals surface area contributed by atoms with Crippen LogP contribution >= 0.6 is 0 Å². The molecule has 3 aromatic rings. The Hall–Kier alpha value is -4.39. The van der Waals surface area contributed by atoms with Gasteiger partial charge in [0.05, 0.1) is 24.4 Å². The monoisotopic (exact) mass is 584 g/mol. The first-order chi connectivity index (χ1) is 20.5. The Kier molecular flexibility index (Phi) is 8.45. The Morgan fingerprint density at radius 2 is 2.00 bits per heavy atom. The molecular formula is C33H40N6O4. The number of aromatic nitrogens is 3. The van der Waals surface area contributed by atoms with E-state index in [9.17, 15) is 14.9 Å². The maximum absolute atomic E-state index is 14.2. The van der Waals surface area contributed by atoms with Gasteiger partial charge in [-0.05, 0) is 83.6 Å². The average molecular weight is 585 g/mol. The fraction of sp³-hybridized carbons (Fsp3) is 0.485. The van der Waals surface area contributed by atoms with Crippen molar-refractivity contribution >= 4 is 12.0 Å². The highest BCUT2D eigenvalue weighted by Gasteiger charge is 2.38. The largest absolute Gasteiger partial charge is 0.492 e. The number of hydrogen-bond acceptors (Lipinski definition) is 7. The maximum Gasteiger partial charge on any atom is 0.410 e. The molecular weight excluding hydrogens is 544 g/mol. The number of pyridine rings is 1. The summed E-state index contributed by atoms with van der Waals surface area (Å²) < 4.78 is 13.5. The number of nitrogens with zero attached hydrogens (tertiary/aromatic N) is 6. The standard InChI is InChI=1S/C33H40N6O4/c1-7-42-30-17-28(36-19-24(30)18-34)21(2)38-13-10-25-26(29-9-8-12-39(29)32(41)43-33(4,5)6)15-23(16-27(25)31(38)40)20-37-14-11-35-22(37)3/h11,14-17,19,21,29H,7-10,12-13,20H2,1-6H3. The lowest BCUT2D eigenvalue weighted by Gasteiger charge is -2.36. The van der Waals surface area contributed by atoms with Gasteiger partial charge in [-0.1, -0.05) is 6.07 Å². The minimum absolute atomic E-state index is 0.0786. The van der Waals surface area contributed by atoms with Gasteiger partial charge in [-0.3, -0.25) is 9.78 Å². The quantitative estimate of drug-likeness (QED) is 0.348. The molecule has 0 N–H and O–H groups in total. The Bertz CT molecular complexity index is 1570. The summed E-state index contributed by atoms with van der Waals surface area (Å²) in [6.07, 6.45) is 7.21. The molecule has 2 aliphatic rings. The third-order valence-electron chi connectivity index (χ3n) is 8.16. The van der Waals surface area contributed by atoms with Crippen LogP contribution in [-0.4, -0.2) is 61.6 Å². The van der Waals surface area contributed by atoms with E-state index in [0.29, 0.717) is 55.2 Å². The number of likely N-dealkylation sites (tertiary alicyclic amines) is 1. The van der Waals surface area contributed by atoms with Gasteiger partial charge in [0.25, 0.3) is 5.91 Å². The number of rotatable bonds is 7. The van der Waals surface area contributed by atoms with Gasteiger partial charge in [0.1, 0.15) is 28.8 Å². The molecule has 0 radical (unpaired) electrons. The SMILES string of the molecule is CCOc1cc(C(C)N2CCc3c(cc(Cn4ccnc4C)cc3C3CCCN3C(=O)OC(C)(C)C)C2=O)ncc1C#N. The van der Waals surface area contributed by atoms with E-state index >= 15 is 0 Å². The summed E-state index contributed by atoms with van der Waals surface area (Å²) in [6, 6.07) is 7.53. The van der Waals surface area contributed by atoms with Crippen LogP contribution < -0.4 is 4.74 Å². The third-order valence-corrected chi connectivity index (χ3v) is 8.16. The van der Waals surface area contributed by atoms with Gasteiger partial charge in [-0.2, -0.15) is 5.26 Å². The van der Waals surface area contributed by atoms with E-state index in [2.05, 4.69) is 26.7 Å². The number of benzene rings is 1. The lowest BCUT2D eigenvalue weighted by molar-refractivity contribution is 0.0223. The minimum atomic E-state index is -0.599. The first-order valence-electron chi connectivity index (χ1n) is 15.0. The smallest absolute Gasteiger partial charge is 0.410 e. The molecule has 2 amide bonds. The molecule has 2 unspecified atom stereocenters. The second kappa shape index (κ2) is 12.1. The van der Waals surface area contributed by atoms with Gasteiger partial charge < -0.3 is 23.8 Å². The number of nitriles is 1. The van der Waals surface area contributed by atoms with E-state index in [0.717, 1.165) is 35.4 Å². The average Bonchev–Trinajstić information content (AvgIpc) is 3.61. The number of hydrogen-bond donors (Lipinski definition) is 0. The molecule has 0 aliphatic carbocycles. The minimum Gasteiger partial charge on any atom is -0.492 e. The van der Waals surface area contributed by atoms with E-state index in [1.54, 1.807) is 12.3 Å². The van der Waals surface area contributed by atoms with E-state index < -0.39 is 5.60 Å². The topological polar surface area (TPSA) is 114 Å². The van der Waals surface area contributed by atoms with Crippen molar-refractivity contribution in [2.75, 3.05) is 19.7 Å². The Balaban J connectivity index is 1.53. The summed E-state index contributed by atoms with van der Waals surface area (Å²) >= 11 is 0. The number of fused-ring (bicyclic) bond motifs is 1. The normalized spacial score (nSPS) is 17.4. The van der Waals surface area contributed by atoms with E-state index in [4.69, 9.17) is 9.47 Å². The predicted octanol–water partition coefficient (Wildman–Crippen LogP) is 5.74. The molecule has 226 valence electrons. The van der Waals surface area contributed by atoms with E-state index in [-0.39, 0.29) is 24.1 Å². The molecule has 5 rings (SSSR count). The molecule has 0 saturated carbocycles. The molecule has 4 heterocycles. The molecule has 1 saturated heterocycles. The van der Waals surface area contributed by atoms with Crippen molar-refractivity contribution in [3.8, 4) is 11.8 Å². The lowest BCUT2D eigenvalue weighted by atomic mass is 9.86. The Morgan fingerprint density at radius 1 is 1.21 bits per heavy atom. The van der Waals surface area contributed by atoms with Gasteiger partial charge >= 0.3 is 6.09 Å². The molecule has 2 aliphatic heterocycles. The molecule has 43 heavy (non-hydrogen) atoms. The van der Waals surface area contributed by atoms with Crippen LogP contribution in [0.2, 0.25) is 0 Å². The molecule has 10 heteroatoms. The lowest BCUT2D eigenvalue weighted by Crippen LogP contribution is -2.41. The maximum atomic E-state index is 14.2. The molecule has 10 nitrogen and oxygen atoms in total. The summed E-state index contributed by atoms with van der Waals surface area (Å²) in [7, 11) is 0. The molecule has 2 atom stereocenters. The number of amides is 2. The fourth-order valence-electron chi connectivity index (χ4n) is 6.07. The second-order valence-electron chi connectivity index (χ2n) is 12.2. The summed E-state index contributed by atoms with van der Waals surface area (Å²) in [6.45, 7) is 13.5. The van der Waals surface area contributed by atoms with Crippen molar-refractivity contribution in [3.05, 3.63) is 76.1 Å². The van der Waals surface area contributed by atoms with Crippen molar-refractivity contribution in [1.29, 1.82) is 5.26 Å². The molecule has 1 aromatic carbocycles. The van der Waals surface area contributed by atoms with Gasteiger partial charge in [0.2, 0.25) is 0 Å². The zero-order valence-electron chi connectivity index (χ0n) is 25.9. The number of ether oxygens (including phenoxy) is 2. The van der Waals surface area contributed by atoms with Gasteiger partial charge in [-0.25, -0.2) is 9.78 Å².